The number of rotatable bonds is 4. The Morgan fingerprint density at radius 1 is 1.41 bits per heavy atom. The number of hydrogen-bond donors (Lipinski definition) is 1. The molecule has 0 aliphatic heterocycles. The van der Waals surface area contributed by atoms with Crippen molar-refractivity contribution in [1.82, 2.24) is 4.90 Å². The monoisotopic (exact) mass is 325 g/mol. The third-order valence-corrected chi connectivity index (χ3v) is 4.75. The molecule has 1 aliphatic carbocycles. The number of carbonyl (C=O) groups excluding carboxylic acids is 1. The van der Waals surface area contributed by atoms with Crippen molar-refractivity contribution in [3.05, 3.63) is 28.8 Å². The van der Waals surface area contributed by atoms with E-state index >= 15 is 0 Å². The number of aliphatic hydroxyl groups excluding tert-OH is 1. The molecule has 5 heteroatoms. The summed E-state index contributed by atoms with van der Waals surface area (Å²) in [7, 11) is 1.74. The average molecular weight is 326 g/mol. The SMILES string of the molecule is Cc1cc(O[C@H](C)C(=O)N(C)[C@H]2CCCC[C@@H]2O)ccc1Cl. The number of likely N-dealkylation sites (N-methyl/N-ethyl adjacent to an activating group) is 1. The molecule has 1 fully saturated rings. The first kappa shape index (κ1) is 17.1. The van der Waals surface area contributed by atoms with Crippen LogP contribution in [0.25, 0.3) is 0 Å². The lowest BCUT2D eigenvalue weighted by Crippen LogP contribution is -2.50. The van der Waals surface area contributed by atoms with Crippen LogP contribution in [0.5, 0.6) is 5.75 Å². The Hall–Kier alpha value is -1.26. The molecule has 1 aromatic carbocycles. The van der Waals surface area contributed by atoms with E-state index in [4.69, 9.17) is 16.3 Å². The molecule has 1 N–H and O–H groups in total. The number of amides is 1. The van der Waals surface area contributed by atoms with Crippen LogP contribution in [0, 0.1) is 6.92 Å². The van der Waals surface area contributed by atoms with Crippen molar-refractivity contribution in [2.75, 3.05) is 7.05 Å². The van der Waals surface area contributed by atoms with Gasteiger partial charge in [0.05, 0.1) is 12.1 Å². The molecule has 1 saturated carbocycles. The zero-order valence-electron chi connectivity index (χ0n) is 13.4. The fourth-order valence-corrected chi connectivity index (χ4v) is 3.06. The van der Waals surface area contributed by atoms with Crippen LogP contribution in [0.2, 0.25) is 5.02 Å². The van der Waals surface area contributed by atoms with Gasteiger partial charge >= 0.3 is 0 Å². The molecular weight excluding hydrogens is 302 g/mol. The number of carbonyl (C=O) groups is 1. The van der Waals surface area contributed by atoms with E-state index in [-0.39, 0.29) is 11.9 Å². The van der Waals surface area contributed by atoms with Crippen molar-refractivity contribution in [3.8, 4) is 5.75 Å². The zero-order valence-corrected chi connectivity index (χ0v) is 14.1. The predicted molar refractivity (Wildman–Crippen MR) is 87.3 cm³/mol. The van der Waals surface area contributed by atoms with E-state index in [1.807, 2.05) is 13.0 Å². The second-order valence-corrected chi connectivity index (χ2v) is 6.45. The molecule has 0 saturated heterocycles. The number of hydrogen-bond acceptors (Lipinski definition) is 3. The number of nitrogens with zero attached hydrogens (tertiary/aromatic N) is 1. The van der Waals surface area contributed by atoms with Gasteiger partial charge in [0.1, 0.15) is 5.75 Å². The first-order chi connectivity index (χ1) is 10.4. The summed E-state index contributed by atoms with van der Waals surface area (Å²) in [6.45, 7) is 3.63. The van der Waals surface area contributed by atoms with Crippen molar-refractivity contribution in [3.63, 3.8) is 0 Å². The van der Waals surface area contributed by atoms with Gasteiger partial charge < -0.3 is 14.7 Å². The van der Waals surface area contributed by atoms with Gasteiger partial charge in [-0.1, -0.05) is 24.4 Å². The zero-order chi connectivity index (χ0) is 16.3. The van der Waals surface area contributed by atoms with Gasteiger partial charge in [-0.25, -0.2) is 0 Å². The predicted octanol–water partition coefficient (Wildman–Crippen LogP) is 3.18. The largest absolute Gasteiger partial charge is 0.481 e. The lowest BCUT2D eigenvalue weighted by Gasteiger charge is -2.36. The minimum absolute atomic E-state index is 0.112. The number of ether oxygens (including phenoxy) is 1. The van der Waals surface area contributed by atoms with Gasteiger partial charge in [0.25, 0.3) is 5.91 Å². The molecule has 0 bridgehead atoms. The van der Waals surface area contributed by atoms with Gasteiger partial charge in [-0.2, -0.15) is 0 Å². The Labute approximate surface area is 137 Å². The van der Waals surface area contributed by atoms with Gasteiger partial charge in [0, 0.05) is 12.1 Å². The second kappa shape index (κ2) is 7.34. The van der Waals surface area contributed by atoms with Crippen LogP contribution in [0.1, 0.15) is 38.2 Å². The van der Waals surface area contributed by atoms with Crippen molar-refractivity contribution in [2.24, 2.45) is 0 Å². The third-order valence-electron chi connectivity index (χ3n) is 4.33. The van der Waals surface area contributed by atoms with Crippen LogP contribution in [0.15, 0.2) is 18.2 Å². The van der Waals surface area contributed by atoms with E-state index in [1.165, 1.54) is 0 Å². The van der Waals surface area contributed by atoms with Gasteiger partial charge in [-0.15, -0.1) is 0 Å². The minimum atomic E-state index is -0.597. The molecule has 1 aromatic rings. The summed E-state index contributed by atoms with van der Waals surface area (Å²) in [4.78, 5) is 14.1. The van der Waals surface area contributed by atoms with Gasteiger partial charge in [-0.05, 0) is 50.5 Å². The maximum Gasteiger partial charge on any atom is 0.263 e. The highest BCUT2D eigenvalue weighted by Crippen LogP contribution is 2.25. The number of aliphatic hydroxyl groups is 1. The summed E-state index contributed by atoms with van der Waals surface area (Å²) >= 11 is 5.99. The van der Waals surface area contributed by atoms with Crippen LogP contribution in [0.3, 0.4) is 0 Å². The van der Waals surface area contributed by atoms with Crippen molar-refractivity contribution >= 4 is 17.5 Å². The Morgan fingerprint density at radius 2 is 2.09 bits per heavy atom. The molecule has 22 heavy (non-hydrogen) atoms. The lowest BCUT2D eigenvalue weighted by molar-refractivity contribution is -0.142. The van der Waals surface area contributed by atoms with E-state index in [9.17, 15) is 9.90 Å². The lowest BCUT2D eigenvalue weighted by atomic mass is 9.91. The van der Waals surface area contributed by atoms with Crippen LogP contribution in [0.4, 0.5) is 0 Å². The fourth-order valence-electron chi connectivity index (χ4n) is 2.94. The molecule has 1 amide bonds. The highest BCUT2D eigenvalue weighted by molar-refractivity contribution is 6.31. The molecular formula is C17H24ClNO3. The summed E-state index contributed by atoms with van der Waals surface area (Å²) in [6, 6.07) is 5.23. The third kappa shape index (κ3) is 3.93. The van der Waals surface area contributed by atoms with Gasteiger partial charge in [0.2, 0.25) is 0 Å². The van der Waals surface area contributed by atoms with E-state index in [0.29, 0.717) is 10.8 Å². The molecule has 1 aliphatic rings. The summed E-state index contributed by atoms with van der Waals surface area (Å²) in [5.74, 6) is 0.513. The smallest absolute Gasteiger partial charge is 0.263 e. The van der Waals surface area contributed by atoms with Crippen LogP contribution >= 0.6 is 11.6 Å². The molecule has 4 nitrogen and oxygen atoms in total. The molecule has 0 unspecified atom stereocenters. The number of halogens is 1. The summed E-state index contributed by atoms with van der Waals surface area (Å²) in [5, 5.41) is 10.8. The van der Waals surface area contributed by atoms with Crippen LogP contribution < -0.4 is 4.74 Å². The van der Waals surface area contributed by atoms with E-state index in [2.05, 4.69) is 0 Å². The topological polar surface area (TPSA) is 49.8 Å². The number of aryl methyl sites for hydroxylation is 1. The fraction of sp³-hybridized carbons (Fsp3) is 0.588. The second-order valence-electron chi connectivity index (χ2n) is 6.04. The molecule has 122 valence electrons. The molecule has 2 rings (SSSR count). The summed E-state index contributed by atoms with van der Waals surface area (Å²) < 4.78 is 5.73. The quantitative estimate of drug-likeness (QED) is 0.925. The van der Waals surface area contributed by atoms with E-state index in [0.717, 1.165) is 31.2 Å². The standard InChI is InChI=1S/C17H24ClNO3/c1-11-10-13(8-9-14(11)18)22-12(2)17(21)19(3)15-6-4-5-7-16(15)20/h8-10,12,15-16,20H,4-7H2,1-3H3/t12-,15+,16+/m1/s1. The molecule has 0 spiro atoms. The molecule has 3 atom stereocenters. The Kier molecular flexibility index (Phi) is 5.70. The summed E-state index contributed by atoms with van der Waals surface area (Å²) in [6.07, 6.45) is 2.64. The average Bonchev–Trinajstić information content (AvgIpc) is 2.50. The van der Waals surface area contributed by atoms with Crippen LogP contribution in [-0.4, -0.2) is 41.2 Å². The molecule has 0 aromatic heterocycles. The Balaban J connectivity index is 2.00. The first-order valence-electron chi connectivity index (χ1n) is 7.77. The van der Waals surface area contributed by atoms with Crippen molar-refractivity contribution < 1.29 is 14.6 Å². The van der Waals surface area contributed by atoms with Crippen LogP contribution in [-0.2, 0) is 4.79 Å². The molecule has 0 heterocycles. The van der Waals surface area contributed by atoms with Crippen molar-refractivity contribution in [1.29, 1.82) is 0 Å². The number of benzene rings is 1. The highest BCUT2D eigenvalue weighted by atomic mass is 35.5. The molecule has 0 radical (unpaired) electrons. The summed E-state index contributed by atoms with van der Waals surface area (Å²) in [5.41, 5.74) is 0.912. The normalized spacial score (nSPS) is 23.0. The van der Waals surface area contributed by atoms with E-state index < -0.39 is 12.2 Å². The maximum absolute atomic E-state index is 12.5. The Bertz CT molecular complexity index is 535. The van der Waals surface area contributed by atoms with Gasteiger partial charge in [0.15, 0.2) is 6.10 Å². The van der Waals surface area contributed by atoms with Crippen molar-refractivity contribution in [2.45, 2.75) is 57.8 Å². The maximum atomic E-state index is 12.5. The Morgan fingerprint density at radius 3 is 2.73 bits per heavy atom. The van der Waals surface area contributed by atoms with Gasteiger partial charge in [-0.3, -0.25) is 4.79 Å². The first-order valence-corrected chi connectivity index (χ1v) is 8.15. The van der Waals surface area contributed by atoms with E-state index in [1.54, 1.807) is 31.0 Å². The minimum Gasteiger partial charge on any atom is -0.481 e. The highest BCUT2D eigenvalue weighted by Gasteiger charge is 2.31.